The largest absolute Gasteiger partial charge is 0.356 e. The van der Waals surface area contributed by atoms with Crippen LogP contribution in [0.1, 0.15) is 13.8 Å². The molecule has 1 aromatic heterocycles. The molecule has 0 amide bonds. The highest BCUT2D eigenvalue weighted by atomic mass is 15.4. The van der Waals surface area contributed by atoms with Crippen molar-refractivity contribution in [3.8, 4) is 0 Å². The first-order valence-electron chi connectivity index (χ1n) is 10.6. The van der Waals surface area contributed by atoms with Gasteiger partial charge >= 0.3 is 0 Å². The molecule has 2 aliphatic rings. The predicted octanol–water partition coefficient (Wildman–Crippen LogP) is 0.448. The third-order valence-corrected chi connectivity index (χ3v) is 5.72. The van der Waals surface area contributed by atoms with E-state index in [1.54, 1.807) is 12.4 Å². The SMILES string of the molecule is CCN1CCN(CC(C)CNC(=NC)N2CCN(c3ncccn3)CC2)CC1. The minimum absolute atomic E-state index is 0.601. The van der Waals surface area contributed by atoms with Gasteiger partial charge in [-0.3, -0.25) is 4.99 Å². The van der Waals surface area contributed by atoms with Gasteiger partial charge in [0.15, 0.2) is 5.96 Å². The fourth-order valence-corrected chi connectivity index (χ4v) is 3.96. The smallest absolute Gasteiger partial charge is 0.225 e. The Morgan fingerprint density at radius 3 is 2.29 bits per heavy atom. The van der Waals surface area contributed by atoms with Gasteiger partial charge in [-0.15, -0.1) is 0 Å². The fraction of sp³-hybridized carbons (Fsp3) is 0.750. The van der Waals surface area contributed by atoms with Crippen LogP contribution in [0.15, 0.2) is 23.5 Å². The van der Waals surface area contributed by atoms with Crippen molar-refractivity contribution in [2.45, 2.75) is 13.8 Å². The molecular weight excluding hydrogens is 352 g/mol. The highest BCUT2D eigenvalue weighted by Crippen LogP contribution is 2.10. The third kappa shape index (κ3) is 5.78. The molecule has 0 radical (unpaired) electrons. The first-order chi connectivity index (χ1) is 13.7. The molecule has 1 N–H and O–H groups in total. The van der Waals surface area contributed by atoms with Gasteiger partial charge in [0.1, 0.15) is 0 Å². The van der Waals surface area contributed by atoms with Crippen LogP contribution >= 0.6 is 0 Å². The molecule has 1 aromatic rings. The van der Waals surface area contributed by atoms with Gasteiger partial charge in [0, 0.05) is 84.9 Å². The van der Waals surface area contributed by atoms with E-state index in [0.717, 1.165) is 51.2 Å². The van der Waals surface area contributed by atoms with Crippen molar-refractivity contribution in [3.63, 3.8) is 0 Å². The van der Waals surface area contributed by atoms with Crippen molar-refractivity contribution >= 4 is 11.9 Å². The third-order valence-electron chi connectivity index (χ3n) is 5.72. The number of guanidine groups is 1. The zero-order valence-corrected chi connectivity index (χ0v) is 17.7. The zero-order chi connectivity index (χ0) is 19.8. The maximum Gasteiger partial charge on any atom is 0.225 e. The number of aromatic nitrogens is 2. The summed E-state index contributed by atoms with van der Waals surface area (Å²) < 4.78 is 0. The van der Waals surface area contributed by atoms with Crippen molar-refractivity contribution in [3.05, 3.63) is 18.5 Å². The normalized spacial score (nSPS) is 21.0. The Balaban J connectivity index is 1.39. The molecule has 1 unspecified atom stereocenters. The molecule has 0 saturated carbocycles. The molecule has 0 bridgehead atoms. The average molecular weight is 389 g/mol. The quantitative estimate of drug-likeness (QED) is 0.561. The van der Waals surface area contributed by atoms with Crippen molar-refractivity contribution < 1.29 is 0 Å². The number of likely N-dealkylation sites (N-methyl/N-ethyl adjacent to an activating group) is 1. The topological polar surface area (TPSA) is 63.1 Å². The molecule has 28 heavy (non-hydrogen) atoms. The van der Waals surface area contributed by atoms with Gasteiger partial charge in [-0.25, -0.2) is 9.97 Å². The maximum absolute atomic E-state index is 4.51. The number of anilines is 1. The van der Waals surface area contributed by atoms with Gasteiger partial charge in [0.25, 0.3) is 0 Å². The Morgan fingerprint density at radius 1 is 1.04 bits per heavy atom. The molecule has 1 atom stereocenters. The fourth-order valence-electron chi connectivity index (χ4n) is 3.96. The number of rotatable bonds is 6. The first-order valence-corrected chi connectivity index (χ1v) is 10.6. The summed E-state index contributed by atoms with van der Waals surface area (Å²) in [6.07, 6.45) is 3.61. The number of nitrogens with zero attached hydrogens (tertiary/aromatic N) is 7. The van der Waals surface area contributed by atoms with Crippen LogP contribution in [-0.2, 0) is 0 Å². The summed E-state index contributed by atoms with van der Waals surface area (Å²) in [5, 5.41) is 3.59. The van der Waals surface area contributed by atoms with Gasteiger partial charge in [0.2, 0.25) is 5.95 Å². The standard InChI is InChI=1S/C20H36N8/c1-4-25-8-10-26(11-9-25)17-18(2)16-24-19(21-3)27-12-14-28(15-13-27)20-22-6-5-7-23-20/h5-7,18H,4,8-17H2,1-3H3,(H,21,24). The van der Waals surface area contributed by atoms with Gasteiger partial charge in [-0.1, -0.05) is 13.8 Å². The second-order valence-corrected chi connectivity index (χ2v) is 7.79. The molecule has 8 nitrogen and oxygen atoms in total. The Morgan fingerprint density at radius 2 is 1.68 bits per heavy atom. The summed E-state index contributed by atoms with van der Waals surface area (Å²) in [7, 11) is 1.88. The second-order valence-electron chi connectivity index (χ2n) is 7.79. The number of hydrogen-bond acceptors (Lipinski definition) is 6. The van der Waals surface area contributed by atoms with Crippen molar-refractivity contribution in [1.29, 1.82) is 0 Å². The molecule has 2 saturated heterocycles. The Hall–Kier alpha value is -1.93. The van der Waals surface area contributed by atoms with E-state index in [1.165, 1.54) is 32.7 Å². The zero-order valence-electron chi connectivity index (χ0n) is 17.7. The van der Waals surface area contributed by atoms with E-state index in [2.05, 4.69) is 53.7 Å². The molecule has 8 heteroatoms. The molecule has 3 heterocycles. The highest BCUT2D eigenvalue weighted by Gasteiger charge is 2.22. The monoisotopic (exact) mass is 388 g/mol. The average Bonchev–Trinajstić information content (AvgIpc) is 2.76. The Labute approximate surface area is 169 Å². The van der Waals surface area contributed by atoms with Crippen LogP contribution in [0.4, 0.5) is 5.95 Å². The number of nitrogens with one attached hydrogen (secondary N) is 1. The molecular formula is C20H36N8. The van der Waals surface area contributed by atoms with Crippen LogP contribution in [0.25, 0.3) is 0 Å². The van der Waals surface area contributed by atoms with E-state index < -0.39 is 0 Å². The maximum atomic E-state index is 4.51. The van der Waals surface area contributed by atoms with Crippen molar-refractivity contribution in [2.75, 3.05) is 83.9 Å². The van der Waals surface area contributed by atoms with E-state index in [-0.39, 0.29) is 0 Å². The van der Waals surface area contributed by atoms with E-state index in [9.17, 15) is 0 Å². The summed E-state index contributed by atoms with van der Waals surface area (Å²) in [6.45, 7) is 16.4. The van der Waals surface area contributed by atoms with E-state index >= 15 is 0 Å². The van der Waals surface area contributed by atoms with Gasteiger partial charge in [-0.05, 0) is 18.5 Å². The van der Waals surface area contributed by atoms with Crippen LogP contribution in [0.5, 0.6) is 0 Å². The molecule has 2 aliphatic heterocycles. The van der Waals surface area contributed by atoms with E-state index in [1.807, 2.05) is 13.1 Å². The predicted molar refractivity (Wildman–Crippen MR) is 115 cm³/mol. The van der Waals surface area contributed by atoms with E-state index in [0.29, 0.717) is 5.92 Å². The van der Waals surface area contributed by atoms with Gasteiger partial charge in [-0.2, -0.15) is 0 Å². The van der Waals surface area contributed by atoms with Gasteiger partial charge < -0.3 is 24.9 Å². The van der Waals surface area contributed by atoms with Crippen LogP contribution < -0.4 is 10.2 Å². The van der Waals surface area contributed by atoms with Crippen molar-refractivity contribution in [1.82, 2.24) is 30.0 Å². The highest BCUT2D eigenvalue weighted by molar-refractivity contribution is 5.80. The minimum Gasteiger partial charge on any atom is -0.356 e. The van der Waals surface area contributed by atoms with Crippen LogP contribution in [0.3, 0.4) is 0 Å². The summed E-state index contributed by atoms with van der Waals surface area (Å²) in [5.41, 5.74) is 0. The molecule has 3 rings (SSSR count). The first kappa shape index (κ1) is 20.8. The molecule has 2 fully saturated rings. The lowest BCUT2D eigenvalue weighted by Crippen LogP contribution is -2.54. The van der Waals surface area contributed by atoms with Crippen LogP contribution in [0.2, 0.25) is 0 Å². The summed E-state index contributed by atoms with van der Waals surface area (Å²) in [6, 6.07) is 1.86. The minimum atomic E-state index is 0.601. The molecule has 0 spiro atoms. The van der Waals surface area contributed by atoms with Gasteiger partial charge in [0.05, 0.1) is 0 Å². The Kier molecular flexibility index (Phi) is 7.85. The summed E-state index contributed by atoms with van der Waals surface area (Å²) >= 11 is 0. The lowest BCUT2D eigenvalue weighted by molar-refractivity contribution is 0.124. The summed E-state index contributed by atoms with van der Waals surface area (Å²) in [4.78, 5) is 22.9. The lowest BCUT2D eigenvalue weighted by atomic mass is 10.1. The Bertz CT molecular complexity index is 591. The number of piperazine rings is 2. The van der Waals surface area contributed by atoms with Crippen LogP contribution in [0, 0.1) is 5.92 Å². The van der Waals surface area contributed by atoms with E-state index in [4.69, 9.17) is 0 Å². The second kappa shape index (κ2) is 10.6. The lowest BCUT2D eigenvalue weighted by Gasteiger charge is -2.37. The molecule has 0 aromatic carbocycles. The van der Waals surface area contributed by atoms with Crippen LogP contribution in [-0.4, -0.2) is 110 Å². The number of aliphatic imine (C=N–C) groups is 1. The molecule has 156 valence electrons. The summed E-state index contributed by atoms with van der Waals surface area (Å²) in [5.74, 6) is 2.43. The van der Waals surface area contributed by atoms with Crippen molar-refractivity contribution in [2.24, 2.45) is 10.9 Å². The molecule has 0 aliphatic carbocycles. The number of hydrogen-bond donors (Lipinski definition) is 1.